The van der Waals surface area contributed by atoms with Crippen LogP contribution < -0.4 is 10.8 Å². The lowest BCUT2D eigenvalue weighted by molar-refractivity contribution is -0.425. The minimum atomic E-state index is -8.42. The maximum absolute atomic E-state index is 15.0. The second-order valence-electron chi connectivity index (χ2n) is 9.18. The summed E-state index contributed by atoms with van der Waals surface area (Å²) in [4.78, 5) is 11.8. The standard InChI is InChI=1S/C20H10BF22NO3/c1-5(2)10(45)44-9-4-8(21(46)47)6(11(22,23)13(26,27)15(30,31)17(34,35)19(38,39)40)3-7(9)12(24,25)14(28,29)16(32,33)18(36,37)20(41,42)43/h3-4,46-47H,1H2,2H3,(H,44,45). The van der Waals surface area contributed by atoms with Crippen molar-refractivity contribution in [2.75, 3.05) is 5.32 Å². The fourth-order valence-electron chi connectivity index (χ4n) is 3.18. The Morgan fingerprint density at radius 1 is 0.574 bits per heavy atom. The van der Waals surface area contributed by atoms with Crippen LogP contribution in [0.1, 0.15) is 18.1 Å². The number of carbonyl (C=O) groups is 1. The molecule has 0 saturated heterocycles. The van der Waals surface area contributed by atoms with Gasteiger partial charge in [0.15, 0.2) is 0 Å². The summed E-state index contributed by atoms with van der Waals surface area (Å²) in [5.74, 6) is -67.2. The van der Waals surface area contributed by atoms with Crippen molar-refractivity contribution in [2.45, 2.75) is 66.7 Å². The minimum absolute atomic E-state index is 0.549. The third-order valence-electron chi connectivity index (χ3n) is 5.86. The Morgan fingerprint density at radius 2 is 0.894 bits per heavy atom. The molecule has 1 aromatic carbocycles. The van der Waals surface area contributed by atoms with E-state index in [9.17, 15) is 111 Å². The molecule has 0 spiro atoms. The molecule has 1 aromatic rings. The van der Waals surface area contributed by atoms with Crippen molar-refractivity contribution in [2.24, 2.45) is 0 Å². The lowest BCUT2D eigenvalue weighted by Crippen LogP contribution is -2.66. The number of carbonyl (C=O) groups excluding carboxylic acids is 1. The summed E-state index contributed by atoms with van der Waals surface area (Å²) in [7, 11) is -4.04. The van der Waals surface area contributed by atoms with Crippen LogP contribution in [0.15, 0.2) is 24.3 Å². The first-order valence-corrected chi connectivity index (χ1v) is 10.9. The summed E-state index contributed by atoms with van der Waals surface area (Å²) in [6.07, 6.45) is -15.7. The van der Waals surface area contributed by atoms with Crippen molar-refractivity contribution in [3.63, 3.8) is 0 Å². The molecule has 4 nitrogen and oxygen atoms in total. The maximum atomic E-state index is 15.0. The lowest BCUT2D eigenvalue weighted by Gasteiger charge is -2.39. The molecule has 1 rings (SSSR count). The molecule has 47 heavy (non-hydrogen) atoms. The fourth-order valence-corrected chi connectivity index (χ4v) is 3.18. The first kappa shape index (κ1) is 41.9. The molecule has 0 aromatic heterocycles. The van der Waals surface area contributed by atoms with E-state index in [2.05, 4.69) is 6.58 Å². The molecule has 0 fully saturated rings. The van der Waals surface area contributed by atoms with Crippen LogP contribution >= 0.6 is 0 Å². The smallest absolute Gasteiger partial charge is 0.423 e. The van der Waals surface area contributed by atoms with Crippen LogP contribution in [0, 0.1) is 0 Å². The number of hydrogen-bond donors (Lipinski definition) is 3. The molecule has 3 N–H and O–H groups in total. The van der Waals surface area contributed by atoms with Crippen molar-refractivity contribution in [3.8, 4) is 0 Å². The molecule has 27 heteroatoms. The van der Waals surface area contributed by atoms with E-state index in [0.29, 0.717) is 6.92 Å². The maximum Gasteiger partial charge on any atom is 0.489 e. The summed E-state index contributed by atoms with van der Waals surface area (Å²) >= 11 is 0. The molecule has 0 aliphatic heterocycles. The highest BCUT2D eigenvalue weighted by Gasteiger charge is 2.89. The molecular weight excluding hydrogens is 731 g/mol. The Labute approximate surface area is 244 Å². The normalized spacial score (nSPS) is 15.1. The zero-order chi connectivity index (χ0) is 38.2. The van der Waals surface area contributed by atoms with Crippen molar-refractivity contribution >= 4 is 24.2 Å². The molecule has 0 radical (unpaired) electrons. The zero-order valence-electron chi connectivity index (χ0n) is 21.6. The molecule has 0 aliphatic carbocycles. The van der Waals surface area contributed by atoms with Crippen molar-refractivity contribution in [1.82, 2.24) is 0 Å². The number of benzene rings is 1. The topological polar surface area (TPSA) is 69.6 Å². The second kappa shape index (κ2) is 11.5. The van der Waals surface area contributed by atoms with E-state index >= 15 is 0 Å². The van der Waals surface area contributed by atoms with Gasteiger partial charge in [-0.3, -0.25) is 4.79 Å². The van der Waals surface area contributed by atoms with Gasteiger partial charge in [0, 0.05) is 11.1 Å². The van der Waals surface area contributed by atoms with E-state index < -0.39 is 113 Å². The fraction of sp³-hybridized carbons (Fsp3) is 0.550. The van der Waals surface area contributed by atoms with Gasteiger partial charge in [-0.1, -0.05) is 6.58 Å². The molecule has 0 bridgehead atoms. The summed E-state index contributed by atoms with van der Waals surface area (Å²) < 4.78 is 300. The van der Waals surface area contributed by atoms with Gasteiger partial charge in [-0.2, -0.15) is 96.6 Å². The first-order chi connectivity index (χ1) is 20.2. The van der Waals surface area contributed by atoms with E-state index in [0.717, 1.165) is 5.32 Å². The Bertz CT molecular complexity index is 1380. The van der Waals surface area contributed by atoms with Crippen LogP contribution in [-0.4, -0.2) is 71.0 Å². The summed E-state index contributed by atoms with van der Waals surface area (Å²) in [6, 6.07) is -3.11. The van der Waals surface area contributed by atoms with Crippen LogP contribution in [-0.2, 0) is 16.6 Å². The van der Waals surface area contributed by atoms with Gasteiger partial charge < -0.3 is 15.4 Å². The average Bonchev–Trinajstić information content (AvgIpc) is 2.85. The molecule has 0 saturated carbocycles. The molecule has 0 heterocycles. The van der Waals surface area contributed by atoms with Crippen molar-refractivity contribution in [1.29, 1.82) is 0 Å². The van der Waals surface area contributed by atoms with E-state index in [4.69, 9.17) is 0 Å². The summed E-state index contributed by atoms with van der Waals surface area (Å²) in [5.41, 5.74) is -14.0. The number of halogens is 22. The van der Waals surface area contributed by atoms with Crippen molar-refractivity contribution in [3.05, 3.63) is 35.4 Å². The third kappa shape index (κ3) is 6.04. The van der Waals surface area contributed by atoms with Gasteiger partial charge in [0.1, 0.15) is 0 Å². The number of rotatable bonds is 11. The van der Waals surface area contributed by atoms with E-state index in [1.54, 1.807) is 0 Å². The summed E-state index contributed by atoms with van der Waals surface area (Å²) in [6.45, 7) is 3.30. The van der Waals surface area contributed by atoms with Crippen LogP contribution in [0.5, 0.6) is 0 Å². The van der Waals surface area contributed by atoms with Gasteiger partial charge in [-0.25, -0.2) is 0 Å². The van der Waals surface area contributed by atoms with Gasteiger partial charge in [-0.15, -0.1) is 0 Å². The monoisotopic (exact) mass is 741 g/mol. The Morgan fingerprint density at radius 3 is 1.17 bits per heavy atom. The molecule has 1 amide bonds. The quantitative estimate of drug-likeness (QED) is 0.130. The average molecular weight is 741 g/mol. The van der Waals surface area contributed by atoms with Gasteiger partial charge in [-0.05, 0) is 24.5 Å². The van der Waals surface area contributed by atoms with E-state index in [1.807, 2.05) is 0 Å². The Balaban J connectivity index is 4.46. The highest BCUT2D eigenvalue weighted by molar-refractivity contribution is 6.59. The SMILES string of the molecule is C=C(C)C(=O)Nc1cc(B(O)O)c(C(F)(F)C(F)(F)C(F)(F)C(F)(F)C(F)(F)F)cc1C(F)(F)C(F)(F)C(F)(F)C(F)(F)C(F)(F)F. The van der Waals surface area contributed by atoms with Crippen molar-refractivity contribution < 1.29 is 111 Å². The molecule has 270 valence electrons. The molecule has 0 unspecified atom stereocenters. The Hall–Kier alpha value is -3.13. The first-order valence-electron chi connectivity index (χ1n) is 10.9. The second-order valence-corrected chi connectivity index (χ2v) is 9.18. The minimum Gasteiger partial charge on any atom is -0.423 e. The van der Waals surface area contributed by atoms with E-state index in [1.165, 1.54) is 0 Å². The third-order valence-corrected chi connectivity index (χ3v) is 5.86. The lowest BCUT2D eigenvalue weighted by atomic mass is 9.72. The number of hydrogen-bond acceptors (Lipinski definition) is 3. The number of amides is 1. The largest absolute Gasteiger partial charge is 0.489 e. The highest BCUT2D eigenvalue weighted by Crippen LogP contribution is 2.62. The predicted octanol–water partition coefficient (Wildman–Crippen LogP) is 7.00. The van der Waals surface area contributed by atoms with E-state index in [-0.39, 0.29) is 0 Å². The molecular formula is C20H10BF22NO3. The number of alkyl halides is 22. The van der Waals surface area contributed by atoms with Crippen LogP contribution in [0.2, 0.25) is 0 Å². The molecule has 0 atom stereocenters. The van der Waals surface area contributed by atoms with Gasteiger partial charge in [0.25, 0.3) is 5.91 Å². The summed E-state index contributed by atoms with van der Waals surface area (Å²) in [5, 5.41) is 19.3. The van der Waals surface area contributed by atoms with Crippen LogP contribution in [0.25, 0.3) is 0 Å². The highest BCUT2D eigenvalue weighted by atomic mass is 19.4. The van der Waals surface area contributed by atoms with Gasteiger partial charge >= 0.3 is 66.9 Å². The van der Waals surface area contributed by atoms with Crippen LogP contribution in [0.3, 0.4) is 0 Å². The number of anilines is 1. The van der Waals surface area contributed by atoms with Crippen LogP contribution in [0.4, 0.5) is 102 Å². The van der Waals surface area contributed by atoms with Gasteiger partial charge in [0.05, 0.1) is 11.3 Å². The molecule has 0 aliphatic rings. The zero-order valence-corrected chi connectivity index (χ0v) is 21.6. The number of nitrogens with one attached hydrogen (secondary N) is 1. The Kier molecular flexibility index (Phi) is 10.2. The predicted molar refractivity (Wildman–Crippen MR) is 109 cm³/mol. The van der Waals surface area contributed by atoms with Gasteiger partial charge in [0.2, 0.25) is 0 Å².